The molecule has 1 saturated carbocycles. The molecular formula is C14H19BrN2O2S. The third kappa shape index (κ3) is 3.96. The second-order valence-electron chi connectivity index (χ2n) is 5.27. The maximum absolute atomic E-state index is 10.8. The molecule has 0 atom stereocenters. The van der Waals surface area contributed by atoms with Gasteiger partial charge in [-0.1, -0.05) is 28.8 Å². The number of nitrogens with one attached hydrogen (secondary N) is 1. The van der Waals surface area contributed by atoms with Crippen molar-refractivity contribution < 1.29 is 4.92 Å². The normalized spacial score (nSPS) is 17.3. The summed E-state index contributed by atoms with van der Waals surface area (Å²) in [6, 6.07) is 5.10. The van der Waals surface area contributed by atoms with Crippen molar-refractivity contribution in [3.05, 3.63) is 38.3 Å². The molecule has 0 spiro atoms. The third-order valence-electron chi connectivity index (χ3n) is 3.88. The molecule has 1 N–H and O–H groups in total. The van der Waals surface area contributed by atoms with Crippen LogP contribution >= 0.6 is 27.7 Å². The molecule has 0 bridgehead atoms. The molecule has 1 aliphatic rings. The highest BCUT2D eigenvalue weighted by Gasteiger charge is 2.32. The van der Waals surface area contributed by atoms with E-state index in [1.54, 1.807) is 6.07 Å². The predicted molar refractivity (Wildman–Crippen MR) is 87.2 cm³/mol. The van der Waals surface area contributed by atoms with E-state index in [-0.39, 0.29) is 10.6 Å². The Morgan fingerprint density at radius 1 is 1.40 bits per heavy atom. The SMILES string of the molecule is CSC1(CNCc2cc(Br)cc([N+](=O)[O-])c2)CCCC1. The Hall–Kier alpha value is -0.590. The van der Waals surface area contributed by atoms with Gasteiger partial charge in [0, 0.05) is 34.4 Å². The molecule has 0 saturated heterocycles. The number of nitro benzene ring substituents is 1. The van der Waals surface area contributed by atoms with Gasteiger partial charge in [-0.2, -0.15) is 11.8 Å². The molecule has 0 amide bonds. The largest absolute Gasteiger partial charge is 0.311 e. The summed E-state index contributed by atoms with van der Waals surface area (Å²) in [6.45, 7) is 1.64. The van der Waals surface area contributed by atoms with Crippen molar-refractivity contribution in [2.45, 2.75) is 37.0 Å². The van der Waals surface area contributed by atoms with Gasteiger partial charge in [0.25, 0.3) is 5.69 Å². The van der Waals surface area contributed by atoms with Gasteiger partial charge in [0.15, 0.2) is 0 Å². The number of hydrogen-bond donors (Lipinski definition) is 1. The van der Waals surface area contributed by atoms with Gasteiger partial charge in [-0.25, -0.2) is 0 Å². The number of benzene rings is 1. The Labute approximate surface area is 132 Å². The van der Waals surface area contributed by atoms with Crippen molar-refractivity contribution in [2.75, 3.05) is 12.8 Å². The topological polar surface area (TPSA) is 55.2 Å². The summed E-state index contributed by atoms with van der Waals surface area (Å²) in [4.78, 5) is 10.5. The molecule has 6 heteroatoms. The molecule has 1 aliphatic carbocycles. The lowest BCUT2D eigenvalue weighted by molar-refractivity contribution is -0.385. The first-order chi connectivity index (χ1) is 9.54. The number of halogens is 1. The average Bonchev–Trinajstić information content (AvgIpc) is 2.87. The van der Waals surface area contributed by atoms with E-state index in [0.29, 0.717) is 11.3 Å². The molecule has 1 aromatic carbocycles. The van der Waals surface area contributed by atoms with Gasteiger partial charge >= 0.3 is 0 Å². The fraction of sp³-hybridized carbons (Fsp3) is 0.571. The first kappa shape index (κ1) is 15.8. The van der Waals surface area contributed by atoms with E-state index in [9.17, 15) is 10.1 Å². The minimum Gasteiger partial charge on any atom is -0.311 e. The first-order valence-corrected chi connectivity index (χ1v) is 8.76. The van der Waals surface area contributed by atoms with Crippen LogP contribution in [0, 0.1) is 10.1 Å². The lowest BCUT2D eigenvalue weighted by atomic mass is 10.1. The zero-order chi connectivity index (χ0) is 14.6. The zero-order valence-electron chi connectivity index (χ0n) is 11.5. The molecule has 0 aromatic heterocycles. The van der Waals surface area contributed by atoms with Crippen LogP contribution in [0.5, 0.6) is 0 Å². The Morgan fingerprint density at radius 2 is 2.10 bits per heavy atom. The molecule has 4 nitrogen and oxygen atoms in total. The molecule has 0 aliphatic heterocycles. The quantitative estimate of drug-likeness (QED) is 0.613. The summed E-state index contributed by atoms with van der Waals surface area (Å²) in [7, 11) is 0. The number of hydrogen-bond acceptors (Lipinski definition) is 4. The van der Waals surface area contributed by atoms with Gasteiger partial charge in [0.05, 0.1) is 4.92 Å². The number of rotatable bonds is 6. The van der Waals surface area contributed by atoms with E-state index >= 15 is 0 Å². The summed E-state index contributed by atoms with van der Waals surface area (Å²) in [6.07, 6.45) is 7.33. The van der Waals surface area contributed by atoms with E-state index in [1.165, 1.54) is 31.7 Å². The molecule has 1 fully saturated rings. The van der Waals surface area contributed by atoms with E-state index < -0.39 is 0 Å². The van der Waals surface area contributed by atoms with Crippen LogP contribution in [0.4, 0.5) is 5.69 Å². The van der Waals surface area contributed by atoms with Gasteiger partial charge in [-0.3, -0.25) is 10.1 Å². The highest BCUT2D eigenvalue weighted by Crippen LogP contribution is 2.39. The van der Waals surface area contributed by atoms with Crippen molar-refractivity contribution in [2.24, 2.45) is 0 Å². The number of nitrogens with zero attached hydrogens (tertiary/aromatic N) is 1. The molecule has 1 aromatic rings. The molecule has 0 heterocycles. The van der Waals surface area contributed by atoms with Crippen molar-refractivity contribution >= 4 is 33.4 Å². The van der Waals surface area contributed by atoms with Crippen LogP contribution in [0.2, 0.25) is 0 Å². The summed E-state index contributed by atoms with van der Waals surface area (Å²) in [5.41, 5.74) is 1.08. The zero-order valence-corrected chi connectivity index (χ0v) is 13.9. The molecule has 0 radical (unpaired) electrons. The lowest BCUT2D eigenvalue weighted by Gasteiger charge is -2.27. The standard InChI is InChI=1S/C14H19BrN2O2S/c1-20-14(4-2-3-5-14)10-16-9-11-6-12(15)8-13(7-11)17(18)19/h6-8,16H,2-5,9-10H2,1H3. The predicted octanol–water partition coefficient (Wildman–Crippen LogP) is 4.12. The lowest BCUT2D eigenvalue weighted by Crippen LogP contribution is -2.34. The van der Waals surface area contributed by atoms with Crippen LogP contribution in [0.15, 0.2) is 22.7 Å². The summed E-state index contributed by atoms with van der Waals surface area (Å²) in [5.74, 6) is 0. The molecule has 110 valence electrons. The van der Waals surface area contributed by atoms with Gasteiger partial charge in [-0.15, -0.1) is 0 Å². The fourth-order valence-electron chi connectivity index (χ4n) is 2.75. The second-order valence-corrected chi connectivity index (χ2v) is 7.46. The van der Waals surface area contributed by atoms with E-state index in [0.717, 1.165) is 16.6 Å². The molecular weight excluding hydrogens is 340 g/mol. The van der Waals surface area contributed by atoms with Crippen molar-refractivity contribution in [1.82, 2.24) is 5.32 Å². The van der Waals surface area contributed by atoms with Crippen LogP contribution in [0.1, 0.15) is 31.2 Å². The highest BCUT2D eigenvalue weighted by atomic mass is 79.9. The van der Waals surface area contributed by atoms with Crippen LogP contribution in [0.3, 0.4) is 0 Å². The van der Waals surface area contributed by atoms with Gasteiger partial charge in [0.1, 0.15) is 0 Å². The first-order valence-electron chi connectivity index (χ1n) is 6.74. The number of nitro groups is 1. The summed E-state index contributed by atoms with van der Waals surface area (Å²) < 4.78 is 1.11. The Morgan fingerprint density at radius 3 is 2.70 bits per heavy atom. The van der Waals surface area contributed by atoms with Crippen LogP contribution < -0.4 is 5.32 Å². The Balaban J connectivity index is 1.95. The average molecular weight is 359 g/mol. The number of non-ortho nitro benzene ring substituents is 1. The van der Waals surface area contributed by atoms with Crippen LogP contribution in [-0.4, -0.2) is 22.5 Å². The van der Waals surface area contributed by atoms with Crippen LogP contribution in [0.25, 0.3) is 0 Å². The van der Waals surface area contributed by atoms with Gasteiger partial charge < -0.3 is 5.32 Å². The highest BCUT2D eigenvalue weighted by molar-refractivity contribution is 9.10. The van der Waals surface area contributed by atoms with E-state index in [1.807, 2.05) is 17.8 Å². The number of thioether (sulfide) groups is 1. The monoisotopic (exact) mass is 358 g/mol. The molecule has 0 unspecified atom stereocenters. The van der Waals surface area contributed by atoms with E-state index in [4.69, 9.17) is 0 Å². The van der Waals surface area contributed by atoms with E-state index in [2.05, 4.69) is 27.5 Å². The minimum absolute atomic E-state index is 0.136. The van der Waals surface area contributed by atoms with Crippen molar-refractivity contribution in [3.63, 3.8) is 0 Å². The van der Waals surface area contributed by atoms with Gasteiger partial charge in [-0.05, 0) is 30.7 Å². The smallest absolute Gasteiger partial charge is 0.270 e. The van der Waals surface area contributed by atoms with Crippen molar-refractivity contribution in [1.29, 1.82) is 0 Å². The Kier molecular flexibility index (Phi) is 5.46. The summed E-state index contributed by atoms with van der Waals surface area (Å²) >= 11 is 5.27. The summed E-state index contributed by atoms with van der Waals surface area (Å²) in [5, 5.41) is 14.3. The molecule has 2 rings (SSSR count). The minimum atomic E-state index is -0.353. The third-order valence-corrected chi connectivity index (χ3v) is 5.75. The van der Waals surface area contributed by atoms with Crippen molar-refractivity contribution in [3.8, 4) is 0 Å². The molecule has 20 heavy (non-hydrogen) atoms. The maximum Gasteiger partial charge on any atom is 0.270 e. The fourth-order valence-corrected chi connectivity index (χ4v) is 4.22. The Bertz CT molecular complexity index is 490. The van der Waals surface area contributed by atoms with Crippen LogP contribution in [-0.2, 0) is 6.54 Å². The maximum atomic E-state index is 10.8. The second kappa shape index (κ2) is 6.91. The van der Waals surface area contributed by atoms with Gasteiger partial charge in [0.2, 0.25) is 0 Å².